The number of aromatic nitrogens is 2. The van der Waals surface area contributed by atoms with Crippen molar-refractivity contribution < 1.29 is 9.18 Å². The quantitative estimate of drug-likeness (QED) is 0.807. The summed E-state index contributed by atoms with van der Waals surface area (Å²) in [6.45, 7) is 5.12. The number of likely N-dealkylation sites (tertiary alicyclic amines) is 1. The molecule has 1 aliphatic heterocycles. The minimum Gasteiger partial charge on any atom is -0.351 e. The molecule has 0 spiro atoms. The van der Waals surface area contributed by atoms with Crippen molar-refractivity contribution in [1.82, 2.24) is 20.0 Å². The van der Waals surface area contributed by atoms with Crippen LogP contribution in [0, 0.1) is 5.82 Å². The number of benzene rings is 1. The zero-order chi connectivity index (χ0) is 18.5. The third kappa shape index (κ3) is 4.49. The average molecular weight is 358 g/mol. The SMILES string of the molecule is CC1CCCCN1CCCNC(=O)c1cc(-c2ccc(F)cc2)nn1C. The van der Waals surface area contributed by atoms with E-state index in [4.69, 9.17) is 0 Å². The first kappa shape index (κ1) is 18.6. The Bertz CT molecular complexity index is 741. The van der Waals surface area contributed by atoms with Crippen LogP contribution in [0.2, 0.25) is 0 Å². The lowest BCUT2D eigenvalue weighted by molar-refractivity contribution is 0.0939. The highest BCUT2D eigenvalue weighted by Crippen LogP contribution is 2.19. The molecule has 26 heavy (non-hydrogen) atoms. The molecule has 2 aromatic rings. The molecule has 1 aliphatic rings. The molecular formula is C20H27FN4O. The Morgan fingerprint density at radius 1 is 1.31 bits per heavy atom. The van der Waals surface area contributed by atoms with Crippen LogP contribution in [0.5, 0.6) is 0 Å². The molecule has 3 rings (SSSR count). The molecule has 1 aromatic carbocycles. The topological polar surface area (TPSA) is 50.2 Å². The first-order valence-electron chi connectivity index (χ1n) is 9.37. The number of nitrogens with one attached hydrogen (secondary N) is 1. The van der Waals surface area contributed by atoms with Crippen molar-refractivity contribution in [2.75, 3.05) is 19.6 Å². The van der Waals surface area contributed by atoms with E-state index in [0.29, 0.717) is 24.0 Å². The minimum absolute atomic E-state index is 0.125. The van der Waals surface area contributed by atoms with Gasteiger partial charge in [0.25, 0.3) is 5.91 Å². The number of aryl methyl sites for hydroxylation is 1. The van der Waals surface area contributed by atoms with Crippen LogP contribution in [0.15, 0.2) is 30.3 Å². The van der Waals surface area contributed by atoms with E-state index in [0.717, 1.165) is 25.1 Å². The van der Waals surface area contributed by atoms with Crippen molar-refractivity contribution in [3.63, 3.8) is 0 Å². The molecule has 1 unspecified atom stereocenters. The van der Waals surface area contributed by atoms with Crippen LogP contribution in [0.4, 0.5) is 4.39 Å². The van der Waals surface area contributed by atoms with Gasteiger partial charge in [-0.25, -0.2) is 4.39 Å². The molecule has 1 saturated heterocycles. The Kier molecular flexibility index (Phi) is 6.04. The summed E-state index contributed by atoms with van der Waals surface area (Å²) >= 11 is 0. The molecule has 5 nitrogen and oxygen atoms in total. The molecule has 1 fully saturated rings. The predicted octanol–water partition coefficient (Wildman–Crippen LogP) is 3.22. The first-order chi connectivity index (χ1) is 12.5. The van der Waals surface area contributed by atoms with E-state index in [-0.39, 0.29) is 11.7 Å². The molecule has 6 heteroatoms. The molecule has 1 N–H and O–H groups in total. The van der Waals surface area contributed by atoms with E-state index in [1.165, 1.54) is 31.4 Å². The van der Waals surface area contributed by atoms with Crippen molar-refractivity contribution >= 4 is 5.91 Å². The molecule has 1 atom stereocenters. The fourth-order valence-corrected chi connectivity index (χ4v) is 3.51. The zero-order valence-electron chi connectivity index (χ0n) is 15.5. The van der Waals surface area contributed by atoms with Crippen LogP contribution in [0.1, 0.15) is 43.1 Å². The fourth-order valence-electron chi connectivity index (χ4n) is 3.51. The van der Waals surface area contributed by atoms with Gasteiger partial charge in [0, 0.05) is 31.7 Å². The van der Waals surface area contributed by atoms with E-state index >= 15 is 0 Å². The summed E-state index contributed by atoms with van der Waals surface area (Å²) in [5.41, 5.74) is 1.97. The smallest absolute Gasteiger partial charge is 0.269 e. The van der Waals surface area contributed by atoms with E-state index < -0.39 is 0 Å². The van der Waals surface area contributed by atoms with Crippen LogP contribution in [-0.2, 0) is 7.05 Å². The summed E-state index contributed by atoms with van der Waals surface area (Å²) < 4.78 is 14.6. The van der Waals surface area contributed by atoms with Crippen LogP contribution in [0.25, 0.3) is 11.3 Å². The zero-order valence-corrected chi connectivity index (χ0v) is 15.5. The third-order valence-electron chi connectivity index (χ3n) is 5.10. The van der Waals surface area contributed by atoms with E-state index in [1.807, 2.05) is 0 Å². The average Bonchev–Trinajstić information content (AvgIpc) is 3.02. The molecule has 0 radical (unpaired) electrons. The maximum absolute atomic E-state index is 13.1. The summed E-state index contributed by atoms with van der Waals surface area (Å²) in [7, 11) is 1.75. The Hall–Kier alpha value is -2.21. The van der Waals surface area contributed by atoms with Crippen molar-refractivity contribution in [2.24, 2.45) is 7.05 Å². The normalized spacial score (nSPS) is 18.0. The lowest BCUT2D eigenvalue weighted by atomic mass is 10.0. The van der Waals surface area contributed by atoms with Crippen LogP contribution in [-0.4, -0.2) is 46.3 Å². The van der Waals surface area contributed by atoms with Crippen molar-refractivity contribution in [3.05, 3.63) is 41.8 Å². The van der Waals surface area contributed by atoms with Gasteiger partial charge in [-0.05, 0) is 63.1 Å². The summed E-state index contributed by atoms with van der Waals surface area (Å²) in [4.78, 5) is 14.9. The summed E-state index contributed by atoms with van der Waals surface area (Å²) in [6, 6.07) is 8.51. The van der Waals surface area contributed by atoms with E-state index in [2.05, 4.69) is 22.2 Å². The summed E-state index contributed by atoms with van der Waals surface area (Å²) in [6.07, 6.45) is 4.81. The number of hydrogen-bond donors (Lipinski definition) is 1. The van der Waals surface area contributed by atoms with Crippen molar-refractivity contribution in [2.45, 2.75) is 38.6 Å². The second-order valence-corrected chi connectivity index (χ2v) is 7.04. The van der Waals surface area contributed by atoms with E-state index in [1.54, 1.807) is 29.9 Å². The second kappa shape index (κ2) is 8.45. The monoisotopic (exact) mass is 358 g/mol. The molecule has 0 bridgehead atoms. The van der Waals surface area contributed by atoms with Crippen LogP contribution < -0.4 is 5.32 Å². The Morgan fingerprint density at radius 2 is 2.08 bits per heavy atom. The molecular weight excluding hydrogens is 331 g/mol. The molecule has 2 heterocycles. The van der Waals surface area contributed by atoms with Gasteiger partial charge in [-0.2, -0.15) is 5.10 Å². The molecule has 0 aliphatic carbocycles. The number of hydrogen-bond acceptors (Lipinski definition) is 3. The van der Waals surface area contributed by atoms with Crippen molar-refractivity contribution in [3.8, 4) is 11.3 Å². The van der Waals surface area contributed by atoms with Gasteiger partial charge >= 0.3 is 0 Å². The van der Waals surface area contributed by atoms with Gasteiger partial charge in [0.1, 0.15) is 11.5 Å². The van der Waals surface area contributed by atoms with Gasteiger partial charge in [0.2, 0.25) is 0 Å². The third-order valence-corrected chi connectivity index (χ3v) is 5.10. The predicted molar refractivity (Wildman–Crippen MR) is 100 cm³/mol. The van der Waals surface area contributed by atoms with Gasteiger partial charge < -0.3 is 10.2 Å². The van der Waals surface area contributed by atoms with Gasteiger partial charge in [-0.3, -0.25) is 9.48 Å². The highest BCUT2D eigenvalue weighted by atomic mass is 19.1. The highest BCUT2D eigenvalue weighted by Gasteiger charge is 2.18. The molecule has 1 aromatic heterocycles. The lowest BCUT2D eigenvalue weighted by Crippen LogP contribution is -2.39. The number of nitrogens with zero attached hydrogens (tertiary/aromatic N) is 3. The number of halogens is 1. The van der Waals surface area contributed by atoms with Crippen LogP contribution >= 0.6 is 0 Å². The first-order valence-corrected chi connectivity index (χ1v) is 9.37. The molecule has 140 valence electrons. The fraction of sp³-hybridized carbons (Fsp3) is 0.500. The number of amides is 1. The summed E-state index contributed by atoms with van der Waals surface area (Å²) in [5.74, 6) is -0.411. The maximum atomic E-state index is 13.1. The van der Waals surface area contributed by atoms with Gasteiger partial charge in [0.15, 0.2) is 0 Å². The number of piperidine rings is 1. The highest BCUT2D eigenvalue weighted by molar-refractivity contribution is 5.93. The largest absolute Gasteiger partial charge is 0.351 e. The Morgan fingerprint density at radius 3 is 2.81 bits per heavy atom. The van der Waals surface area contributed by atoms with E-state index in [9.17, 15) is 9.18 Å². The number of carbonyl (C=O) groups excluding carboxylic acids is 1. The van der Waals surface area contributed by atoms with Crippen molar-refractivity contribution in [1.29, 1.82) is 0 Å². The van der Waals surface area contributed by atoms with Gasteiger partial charge in [-0.1, -0.05) is 6.42 Å². The lowest BCUT2D eigenvalue weighted by Gasteiger charge is -2.33. The number of carbonyl (C=O) groups is 1. The summed E-state index contributed by atoms with van der Waals surface area (Å²) in [5, 5.41) is 7.35. The van der Waals surface area contributed by atoms with Gasteiger partial charge in [-0.15, -0.1) is 0 Å². The Labute approximate surface area is 154 Å². The second-order valence-electron chi connectivity index (χ2n) is 7.04. The maximum Gasteiger partial charge on any atom is 0.269 e. The van der Waals surface area contributed by atoms with Gasteiger partial charge in [0.05, 0.1) is 5.69 Å². The number of rotatable bonds is 6. The molecule has 0 saturated carbocycles. The van der Waals surface area contributed by atoms with Crippen LogP contribution in [0.3, 0.4) is 0 Å². The minimum atomic E-state index is -0.286. The standard InChI is InChI=1S/C20H27FN4O/c1-15-6-3-4-12-25(15)13-5-11-22-20(26)19-14-18(23-24(19)2)16-7-9-17(21)10-8-16/h7-10,14-15H,3-6,11-13H2,1-2H3,(H,22,26). The molecule has 1 amide bonds. The Balaban J connectivity index is 1.52.